The Balaban J connectivity index is 0.00000242. The summed E-state index contributed by atoms with van der Waals surface area (Å²) in [7, 11) is 0. The lowest BCUT2D eigenvalue weighted by Crippen LogP contribution is -2.38. The molecule has 0 aliphatic rings. The minimum Gasteiger partial charge on any atom is -0.467 e. The summed E-state index contributed by atoms with van der Waals surface area (Å²) in [6.45, 7) is 4.21. The lowest BCUT2D eigenvalue weighted by Gasteiger charge is -2.11. The first-order valence-electron chi connectivity index (χ1n) is 7.07. The highest BCUT2D eigenvalue weighted by Crippen LogP contribution is 2.09. The second-order valence-electron chi connectivity index (χ2n) is 4.58. The van der Waals surface area contributed by atoms with Crippen LogP contribution in [0.5, 0.6) is 0 Å². The maximum absolute atomic E-state index is 5.87. The molecule has 1 aromatic heterocycles. The molecule has 0 amide bonds. The van der Waals surface area contributed by atoms with Gasteiger partial charge in [0.05, 0.1) is 6.26 Å². The Labute approximate surface area is 153 Å². The molecule has 1 heterocycles. The summed E-state index contributed by atoms with van der Waals surface area (Å²) in [5.41, 5.74) is 1.24. The van der Waals surface area contributed by atoms with Crippen LogP contribution in [0.3, 0.4) is 0 Å². The molecule has 2 N–H and O–H groups in total. The first-order chi connectivity index (χ1) is 10.3. The van der Waals surface area contributed by atoms with E-state index in [0.29, 0.717) is 6.54 Å². The van der Waals surface area contributed by atoms with Crippen LogP contribution in [0.2, 0.25) is 5.02 Å². The van der Waals surface area contributed by atoms with Crippen molar-refractivity contribution < 1.29 is 4.42 Å². The lowest BCUT2D eigenvalue weighted by molar-refractivity contribution is 0.512. The van der Waals surface area contributed by atoms with Crippen molar-refractivity contribution in [3.8, 4) is 0 Å². The summed E-state index contributed by atoms with van der Waals surface area (Å²) in [6.07, 6.45) is 2.58. The molecule has 120 valence electrons. The maximum atomic E-state index is 5.87. The third-order valence-electron chi connectivity index (χ3n) is 2.94. The van der Waals surface area contributed by atoms with Crippen molar-refractivity contribution in [2.75, 3.05) is 13.1 Å². The van der Waals surface area contributed by atoms with Gasteiger partial charge in [0.2, 0.25) is 0 Å². The highest BCUT2D eigenvalue weighted by atomic mass is 127. The molecule has 0 aliphatic heterocycles. The molecule has 0 spiro atoms. The van der Waals surface area contributed by atoms with Gasteiger partial charge >= 0.3 is 0 Å². The van der Waals surface area contributed by atoms with Crippen molar-refractivity contribution in [3.63, 3.8) is 0 Å². The van der Waals surface area contributed by atoms with Gasteiger partial charge < -0.3 is 15.1 Å². The number of guanidine groups is 1. The van der Waals surface area contributed by atoms with Gasteiger partial charge in [-0.25, -0.2) is 4.99 Å². The van der Waals surface area contributed by atoms with Crippen LogP contribution >= 0.6 is 35.6 Å². The van der Waals surface area contributed by atoms with Crippen molar-refractivity contribution in [2.45, 2.75) is 19.9 Å². The number of aliphatic imine (C=N–C) groups is 1. The van der Waals surface area contributed by atoms with Gasteiger partial charge in [-0.3, -0.25) is 0 Å². The fourth-order valence-electron chi connectivity index (χ4n) is 1.88. The van der Waals surface area contributed by atoms with Crippen LogP contribution in [0.25, 0.3) is 0 Å². The highest BCUT2D eigenvalue weighted by Gasteiger charge is 1.99. The number of hydrogen-bond acceptors (Lipinski definition) is 2. The maximum Gasteiger partial charge on any atom is 0.191 e. The number of furan rings is 1. The molecular weight excluding hydrogens is 413 g/mol. The first-order valence-corrected chi connectivity index (χ1v) is 7.44. The predicted octanol–water partition coefficient (Wildman–Crippen LogP) is 3.85. The number of halogens is 2. The van der Waals surface area contributed by atoms with Crippen molar-refractivity contribution in [1.82, 2.24) is 10.6 Å². The second kappa shape index (κ2) is 10.5. The third-order valence-corrected chi connectivity index (χ3v) is 3.19. The van der Waals surface area contributed by atoms with Crippen LogP contribution in [-0.4, -0.2) is 19.0 Å². The summed E-state index contributed by atoms with van der Waals surface area (Å²) in [4.78, 5) is 4.48. The van der Waals surface area contributed by atoms with Crippen LogP contribution in [-0.2, 0) is 13.0 Å². The largest absolute Gasteiger partial charge is 0.467 e. The number of hydrogen-bond donors (Lipinski definition) is 2. The van der Waals surface area contributed by atoms with Gasteiger partial charge in [-0.05, 0) is 43.2 Å². The second-order valence-corrected chi connectivity index (χ2v) is 5.01. The third kappa shape index (κ3) is 6.70. The smallest absolute Gasteiger partial charge is 0.191 e. The molecule has 0 bridgehead atoms. The SMILES string of the molecule is CCNC(=NCc1ccco1)NCCc1ccc(Cl)cc1.I. The fourth-order valence-corrected chi connectivity index (χ4v) is 2.00. The van der Waals surface area contributed by atoms with Crippen LogP contribution in [0, 0.1) is 0 Å². The van der Waals surface area contributed by atoms with Gasteiger partial charge in [0, 0.05) is 18.1 Å². The molecule has 0 fully saturated rings. The summed E-state index contributed by atoms with van der Waals surface area (Å²) in [6, 6.07) is 11.7. The molecule has 4 nitrogen and oxygen atoms in total. The molecule has 22 heavy (non-hydrogen) atoms. The highest BCUT2D eigenvalue weighted by molar-refractivity contribution is 14.0. The Morgan fingerprint density at radius 1 is 1.18 bits per heavy atom. The van der Waals surface area contributed by atoms with Gasteiger partial charge in [-0.2, -0.15) is 0 Å². The lowest BCUT2D eigenvalue weighted by atomic mass is 10.1. The van der Waals surface area contributed by atoms with Gasteiger partial charge in [-0.15, -0.1) is 24.0 Å². The number of nitrogens with one attached hydrogen (secondary N) is 2. The van der Waals surface area contributed by atoms with E-state index < -0.39 is 0 Å². The van der Waals surface area contributed by atoms with E-state index in [1.807, 2.05) is 43.3 Å². The molecular formula is C16H21ClIN3O. The molecule has 0 atom stereocenters. The Bertz CT molecular complexity index is 555. The van der Waals surface area contributed by atoms with Crippen LogP contribution < -0.4 is 10.6 Å². The monoisotopic (exact) mass is 433 g/mol. The van der Waals surface area contributed by atoms with E-state index in [4.69, 9.17) is 16.0 Å². The summed E-state index contributed by atoms with van der Waals surface area (Å²) in [5, 5.41) is 7.29. The summed E-state index contributed by atoms with van der Waals surface area (Å²) >= 11 is 5.87. The Hall–Kier alpha value is -1.21. The van der Waals surface area contributed by atoms with Gasteiger partial charge in [-0.1, -0.05) is 23.7 Å². The predicted molar refractivity (Wildman–Crippen MR) is 102 cm³/mol. The number of benzene rings is 1. The topological polar surface area (TPSA) is 49.6 Å². The van der Waals surface area contributed by atoms with Crippen molar-refractivity contribution in [1.29, 1.82) is 0 Å². The van der Waals surface area contributed by atoms with Crippen molar-refractivity contribution in [2.24, 2.45) is 4.99 Å². The minimum absolute atomic E-state index is 0. The normalized spacial score (nSPS) is 10.9. The van der Waals surface area contributed by atoms with E-state index in [2.05, 4.69) is 15.6 Å². The Morgan fingerprint density at radius 3 is 2.59 bits per heavy atom. The quantitative estimate of drug-likeness (QED) is 0.413. The molecule has 2 aromatic rings. The summed E-state index contributed by atoms with van der Waals surface area (Å²) in [5.74, 6) is 1.65. The summed E-state index contributed by atoms with van der Waals surface area (Å²) < 4.78 is 5.27. The number of nitrogens with zero attached hydrogens (tertiary/aromatic N) is 1. The van der Waals surface area contributed by atoms with E-state index in [9.17, 15) is 0 Å². The Kier molecular flexibility index (Phi) is 9.00. The van der Waals surface area contributed by atoms with E-state index >= 15 is 0 Å². The molecule has 0 aliphatic carbocycles. The van der Waals surface area contributed by atoms with E-state index in [1.54, 1.807) is 6.26 Å². The zero-order valence-electron chi connectivity index (χ0n) is 12.5. The molecule has 1 aromatic carbocycles. The first kappa shape index (κ1) is 18.8. The van der Waals surface area contributed by atoms with Crippen molar-refractivity contribution in [3.05, 3.63) is 59.0 Å². The average molecular weight is 434 g/mol. The molecule has 0 radical (unpaired) electrons. The zero-order chi connectivity index (χ0) is 14.9. The van der Waals surface area contributed by atoms with Gasteiger partial charge in [0.15, 0.2) is 5.96 Å². The fraction of sp³-hybridized carbons (Fsp3) is 0.312. The van der Waals surface area contributed by atoms with E-state index in [1.165, 1.54) is 5.56 Å². The van der Waals surface area contributed by atoms with E-state index in [0.717, 1.165) is 36.3 Å². The van der Waals surface area contributed by atoms with Gasteiger partial charge in [0.25, 0.3) is 0 Å². The zero-order valence-corrected chi connectivity index (χ0v) is 15.6. The Morgan fingerprint density at radius 2 is 1.95 bits per heavy atom. The molecule has 2 rings (SSSR count). The molecule has 0 unspecified atom stereocenters. The minimum atomic E-state index is 0. The standard InChI is InChI=1S/C16H20ClN3O.HI/c1-2-18-16(20-12-15-4-3-11-21-15)19-10-9-13-5-7-14(17)8-6-13;/h3-8,11H,2,9-10,12H2,1H3,(H2,18,19,20);1H. The van der Waals surface area contributed by atoms with Gasteiger partial charge in [0.1, 0.15) is 12.3 Å². The molecule has 6 heteroatoms. The average Bonchev–Trinajstić information content (AvgIpc) is 3.00. The van der Waals surface area contributed by atoms with E-state index in [-0.39, 0.29) is 24.0 Å². The number of rotatable bonds is 6. The van der Waals surface area contributed by atoms with Crippen LogP contribution in [0.1, 0.15) is 18.2 Å². The molecule has 0 saturated carbocycles. The van der Waals surface area contributed by atoms with Crippen LogP contribution in [0.4, 0.5) is 0 Å². The van der Waals surface area contributed by atoms with Crippen molar-refractivity contribution >= 4 is 41.5 Å². The molecule has 0 saturated heterocycles. The van der Waals surface area contributed by atoms with Crippen LogP contribution in [0.15, 0.2) is 52.1 Å².